The molecule has 98 valence electrons. The van der Waals surface area contributed by atoms with E-state index in [1.54, 1.807) is 0 Å². The third-order valence-corrected chi connectivity index (χ3v) is 2.78. The Morgan fingerprint density at radius 3 is 2.65 bits per heavy atom. The quantitative estimate of drug-likeness (QED) is 0.660. The van der Waals surface area contributed by atoms with Gasteiger partial charge in [-0.1, -0.05) is 13.8 Å². The van der Waals surface area contributed by atoms with Crippen LogP contribution < -0.4 is 10.6 Å². The molecule has 3 N–H and O–H groups in total. The normalized spacial score (nSPS) is 21.2. The van der Waals surface area contributed by atoms with E-state index in [9.17, 15) is 9.59 Å². The molecule has 0 aromatic carbocycles. The second kappa shape index (κ2) is 6.44. The predicted octanol–water partition coefficient (Wildman–Crippen LogP) is 0.574. The summed E-state index contributed by atoms with van der Waals surface area (Å²) in [5, 5.41) is 14.2. The molecule has 17 heavy (non-hydrogen) atoms. The lowest BCUT2D eigenvalue weighted by Crippen LogP contribution is -2.48. The number of amides is 2. The lowest BCUT2D eigenvalue weighted by Gasteiger charge is -2.22. The number of hydrogen-bond acceptors (Lipinski definition) is 3. The van der Waals surface area contributed by atoms with E-state index in [4.69, 9.17) is 9.84 Å². The fourth-order valence-corrected chi connectivity index (χ4v) is 1.69. The zero-order valence-corrected chi connectivity index (χ0v) is 10.2. The number of nitrogens with one attached hydrogen (secondary N) is 2. The second-order valence-electron chi connectivity index (χ2n) is 4.63. The van der Waals surface area contributed by atoms with Crippen LogP contribution in [0.1, 0.15) is 26.7 Å². The highest BCUT2D eigenvalue weighted by Crippen LogP contribution is 2.07. The first kappa shape index (κ1) is 13.8. The molecular weight excluding hydrogens is 224 g/mol. The Morgan fingerprint density at radius 2 is 2.18 bits per heavy atom. The zero-order valence-electron chi connectivity index (χ0n) is 10.2. The van der Waals surface area contributed by atoms with Gasteiger partial charge in [0.25, 0.3) is 0 Å². The smallest absolute Gasteiger partial charge is 0.315 e. The van der Waals surface area contributed by atoms with Crippen molar-refractivity contribution in [3.05, 3.63) is 0 Å². The maximum absolute atomic E-state index is 11.6. The van der Waals surface area contributed by atoms with E-state index in [0.717, 1.165) is 6.42 Å². The Labute approximate surface area is 101 Å². The van der Waals surface area contributed by atoms with Crippen LogP contribution in [0.3, 0.4) is 0 Å². The molecule has 0 aromatic heterocycles. The fourth-order valence-electron chi connectivity index (χ4n) is 1.69. The topological polar surface area (TPSA) is 87.7 Å². The van der Waals surface area contributed by atoms with Crippen LogP contribution in [-0.4, -0.2) is 42.4 Å². The van der Waals surface area contributed by atoms with Gasteiger partial charge in [0, 0.05) is 12.6 Å². The molecular formula is C11H20N2O4. The molecule has 0 aromatic rings. The van der Waals surface area contributed by atoms with Crippen LogP contribution >= 0.6 is 0 Å². The Morgan fingerprint density at radius 1 is 1.47 bits per heavy atom. The van der Waals surface area contributed by atoms with E-state index in [1.807, 2.05) is 13.8 Å². The molecule has 0 aliphatic carbocycles. The molecule has 1 saturated heterocycles. The Hall–Kier alpha value is -1.30. The number of ether oxygens (including phenoxy) is 1. The van der Waals surface area contributed by atoms with Gasteiger partial charge in [-0.05, 0) is 12.3 Å². The first-order valence-corrected chi connectivity index (χ1v) is 5.85. The van der Waals surface area contributed by atoms with Crippen LogP contribution in [0.25, 0.3) is 0 Å². The first-order chi connectivity index (χ1) is 7.99. The minimum Gasteiger partial charge on any atom is -0.481 e. The van der Waals surface area contributed by atoms with Gasteiger partial charge in [0.05, 0.1) is 19.1 Å². The molecule has 0 bridgehead atoms. The number of carboxylic acid groups (broad SMARTS) is 1. The Kier molecular flexibility index (Phi) is 5.21. The highest BCUT2D eigenvalue weighted by Gasteiger charge is 2.22. The Bertz CT molecular complexity index is 275. The molecule has 1 rings (SSSR count). The summed E-state index contributed by atoms with van der Waals surface area (Å²) < 4.78 is 5.14. The van der Waals surface area contributed by atoms with E-state index < -0.39 is 5.97 Å². The number of urea groups is 1. The van der Waals surface area contributed by atoms with Crippen molar-refractivity contribution in [3.8, 4) is 0 Å². The van der Waals surface area contributed by atoms with Gasteiger partial charge in [0.2, 0.25) is 0 Å². The number of rotatable bonds is 5. The number of carbonyl (C=O) groups is 2. The SMILES string of the molecule is CC(C)C(CC(=O)O)NC(=O)NC1CCOC1. The number of hydrogen-bond donors (Lipinski definition) is 3. The van der Waals surface area contributed by atoms with Gasteiger partial charge in [0.1, 0.15) is 0 Å². The summed E-state index contributed by atoms with van der Waals surface area (Å²) in [6.07, 6.45) is 0.741. The largest absolute Gasteiger partial charge is 0.481 e. The van der Waals surface area contributed by atoms with Gasteiger partial charge in [-0.15, -0.1) is 0 Å². The van der Waals surface area contributed by atoms with Crippen LogP contribution in [0.2, 0.25) is 0 Å². The standard InChI is InChI=1S/C11H20N2O4/c1-7(2)9(5-10(14)15)13-11(16)12-8-3-4-17-6-8/h7-9H,3-6H2,1-2H3,(H,14,15)(H2,12,13,16). The lowest BCUT2D eigenvalue weighted by atomic mass is 10.0. The van der Waals surface area contributed by atoms with Crippen molar-refractivity contribution in [1.82, 2.24) is 10.6 Å². The number of aliphatic carboxylic acids is 1. The van der Waals surface area contributed by atoms with Crippen molar-refractivity contribution >= 4 is 12.0 Å². The van der Waals surface area contributed by atoms with Crippen LogP contribution in [0.5, 0.6) is 0 Å². The minimum atomic E-state index is -0.909. The van der Waals surface area contributed by atoms with E-state index in [0.29, 0.717) is 13.2 Å². The van der Waals surface area contributed by atoms with Crippen LogP contribution in [0.4, 0.5) is 4.79 Å². The predicted molar refractivity (Wildman–Crippen MR) is 61.8 cm³/mol. The average molecular weight is 244 g/mol. The van der Waals surface area contributed by atoms with Crippen LogP contribution in [0, 0.1) is 5.92 Å². The molecule has 6 nitrogen and oxygen atoms in total. The maximum Gasteiger partial charge on any atom is 0.315 e. The molecule has 1 fully saturated rings. The molecule has 2 unspecified atom stereocenters. The second-order valence-corrected chi connectivity index (χ2v) is 4.63. The summed E-state index contributed by atoms with van der Waals surface area (Å²) in [6, 6.07) is -0.636. The van der Waals surface area contributed by atoms with Gasteiger partial charge < -0.3 is 20.5 Å². The first-order valence-electron chi connectivity index (χ1n) is 5.85. The summed E-state index contributed by atoms with van der Waals surface area (Å²) >= 11 is 0. The van der Waals surface area contributed by atoms with Gasteiger partial charge in [-0.2, -0.15) is 0 Å². The molecule has 2 amide bonds. The molecule has 1 aliphatic heterocycles. The van der Waals surface area contributed by atoms with E-state index in [-0.39, 0.29) is 30.5 Å². The molecule has 2 atom stereocenters. The number of carbonyl (C=O) groups excluding carboxylic acids is 1. The van der Waals surface area contributed by atoms with Crippen molar-refractivity contribution in [2.75, 3.05) is 13.2 Å². The molecule has 1 heterocycles. The highest BCUT2D eigenvalue weighted by molar-refractivity contribution is 5.76. The fraction of sp³-hybridized carbons (Fsp3) is 0.818. The minimum absolute atomic E-state index is 0.0349. The molecule has 6 heteroatoms. The Balaban J connectivity index is 2.37. The molecule has 0 spiro atoms. The molecule has 1 aliphatic rings. The van der Waals surface area contributed by atoms with Gasteiger partial charge in [0.15, 0.2) is 0 Å². The summed E-state index contributed by atoms with van der Waals surface area (Å²) in [7, 11) is 0. The monoisotopic (exact) mass is 244 g/mol. The molecule has 0 saturated carbocycles. The van der Waals surface area contributed by atoms with E-state index in [1.165, 1.54) is 0 Å². The van der Waals surface area contributed by atoms with Crippen molar-refractivity contribution in [2.24, 2.45) is 5.92 Å². The molecule has 0 radical (unpaired) electrons. The van der Waals surface area contributed by atoms with Crippen molar-refractivity contribution in [2.45, 2.75) is 38.8 Å². The van der Waals surface area contributed by atoms with Gasteiger partial charge >= 0.3 is 12.0 Å². The lowest BCUT2D eigenvalue weighted by molar-refractivity contribution is -0.137. The summed E-state index contributed by atoms with van der Waals surface area (Å²) in [6.45, 7) is 4.95. The van der Waals surface area contributed by atoms with E-state index in [2.05, 4.69) is 10.6 Å². The van der Waals surface area contributed by atoms with Crippen LogP contribution in [-0.2, 0) is 9.53 Å². The van der Waals surface area contributed by atoms with E-state index >= 15 is 0 Å². The summed E-state index contributed by atoms with van der Waals surface area (Å²) in [5.41, 5.74) is 0. The third-order valence-electron chi connectivity index (χ3n) is 2.78. The van der Waals surface area contributed by atoms with Gasteiger partial charge in [-0.3, -0.25) is 4.79 Å². The van der Waals surface area contributed by atoms with Gasteiger partial charge in [-0.25, -0.2) is 4.79 Å². The summed E-state index contributed by atoms with van der Waals surface area (Å²) in [5.74, 6) is -0.829. The maximum atomic E-state index is 11.6. The van der Waals surface area contributed by atoms with Crippen molar-refractivity contribution in [3.63, 3.8) is 0 Å². The van der Waals surface area contributed by atoms with Crippen molar-refractivity contribution < 1.29 is 19.4 Å². The third kappa shape index (κ3) is 5.04. The van der Waals surface area contributed by atoms with Crippen LogP contribution in [0.15, 0.2) is 0 Å². The average Bonchev–Trinajstić information content (AvgIpc) is 2.68. The number of carboxylic acids is 1. The highest BCUT2D eigenvalue weighted by atomic mass is 16.5. The zero-order chi connectivity index (χ0) is 12.8. The van der Waals surface area contributed by atoms with Crippen molar-refractivity contribution in [1.29, 1.82) is 0 Å². The summed E-state index contributed by atoms with van der Waals surface area (Å²) in [4.78, 5) is 22.3.